The van der Waals surface area contributed by atoms with Gasteiger partial charge in [0, 0.05) is 23.1 Å². The Morgan fingerprint density at radius 3 is 2.78 bits per heavy atom. The summed E-state index contributed by atoms with van der Waals surface area (Å²) in [5, 5.41) is 2.93. The second-order valence-corrected chi connectivity index (χ2v) is 5.44. The average Bonchev–Trinajstić information content (AvgIpc) is 3.19. The number of benzene rings is 1. The van der Waals surface area contributed by atoms with Crippen molar-refractivity contribution in [1.82, 2.24) is 0 Å². The monoisotopic (exact) mass is 243 g/mol. The van der Waals surface area contributed by atoms with E-state index < -0.39 is 0 Å². The summed E-state index contributed by atoms with van der Waals surface area (Å²) in [4.78, 5) is 23.8. The summed E-state index contributed by atoms with van der Waals surface area (Å²) in [6.07, 6.45) is 3.77. The summed E-state index contributed by atoms with van der Waals surface area (Å²) in [5.74, 6) is 0.638. The van der Waals surface area contributed by atoms with E-state index in [9.17, 15) is 9.59 Å². The first-order valence-corrected chi connectivity index (χ1v) is 6.63. The molecule has 1 aliphatic carbocycles. The van der Waals surface area contributed by atoms with Crippen molar-refractivity contribution in [1.29, 1.82) is 0 Å². The average molecular weight is 243 g/mol. The Balaban J connectivity index is 1.91. The fourth-order valence-corrected chi connectivity index (χ4v) is 2.42. The second kappa shape index (κ2) is 4.23. The molecule has 0 saturated heterocycles. The highest BCUT2D eigenvalue weighted by molar-refractivity contribution is 6.00. The number of carbonyl (C=O) groups excluding carboxylic acids is 2. The molecule has 1 N–H and O–H groups in total. The highest BCUT2D eigenvalue weighted by Crippen LogP contribution is 2.34. The van der Waals surface area contributed by atoms with Crippen LogP contribution in [0.25, 0.3) is 0 Å². The van der Waals surface area contributed by atoms with E-state index in [2.05, 4.69) is 5.32 Å². The minimum atomic E-state index is 0.0417. The SMILES string of the molecule is CC1CCc2cc(C(=O)C3CC3)ccc2NC1=O. The molecule has 18 heavy (non-hydrogen) atoms. The number of nitrogens with one attached hydrogen (secondary N) is 1. The van der Waals surface area contributed by atoms with E-state index in [0.29, 0.717) is 0 Å². The van der Waals surface area contributed by atoms with Gasteiger partial charge in [0.05, 0.1) is 0 Å². The van der Waals surface area contributed by atoms with Crippen LogP contribution in [0.1, 0.15) is 42.1 Å². The molecular formula is C15H17NO2. The third-order valence-corrected chi connectivity index (χ3v) is 3.89. The molecular weight excluding hydrogens is 226 g/mol. The van der Waals surface area contributed by atoms with Crippen LogP contribution in [0.4, 0.5) is 5.69 Å². The van der Waals surface area contributed by atoms with Crippen molar-refractivity contribution in [2.24, 2.45) is 11.8 Å². The number of carbonyl (C=O) groups is 2. The van der Waals surface area contributed by atoms with E-state index >= 15 is 0 Å². The van der Waals surface area contributed by atoms with E-state index in [1.807, 2.05) is 25.1 Å². The first-order valence-electron chi connectivity index (χ1n) is 6.63. The fraction of sp³-hybridized carbons (Fsp3) is 0.467. The van der Waals surface area contributed by atoms with Gasteiger partial charge in [0.25, 0.3) is 0 Å². The summed E-state index contributed by atoms with van der Waals surface area (Å²) in [5.41, 5.74) is 2.77. The molecule has 0 bridgehead atoms. The van der Waals surface area contributed by atoms with E-state index in [1.165, 1.54) is 0 Å². The van der Waals surface area contributed by atoms with Gasteiger partial charge >= 0.3 is 0 Å². The number of ketones is 1. The van der Waals surface area contributed by atoms with Crippen molar-refractivity contribution in [3.63, 3.8) is 0 Å². The molecule has 94 valence electrons. The van der Waals surface area contributed by atoms with Gasteiger partial charge in [-0.25, -0.2) is 0 Å². The maximum atomic E-state index is 12.0. The number of hydrogen-bond acceptors (Lipinski definition) is 2. The van der Waals surface area contributed by atoms with E-state index in [4.69, 9.17) is 0 Å². The molecule has 2 aliphatic rings. The Hall–Kier alpha value is -1.64. The zero-order valence-electron chi connectivity index (χ0n) is 10.5. The van der Waals surface area contributed by atoms with Crippen LogP contribution in [0.2, 0.25) is 0 Å². The van der Waals surface area contributed by atoms with Crippen molar-refractivity contribution < 1.29 is 9.59 Å². The fourth-order valence-electron chi connectivity index (χ4n) is 2.42. The quantitative estimate of drug-likeness (QED) is 0.812. The van der Waals surface area contributed by atoms with Crippen molar-refractivity contribution >= 4 is 17.4 Å². The lowest BCUT2D eigenvalue weighted by Crippen LogP contribution is -2.18. The van der Waals surface area contributed by atoms with Gasteiger partial charge in [-0.3, -0.25) is 9.59 Å². The number of hydrogen-bond donors (Lipinski definition) is 1. The highest BCUT2D eigenvalue weighted by atomic mass is 16.2. The smallest absolute Gasteiger partial charge is 0.227 e. The zero-order valence-corrected chi connectivity index (χ0v) is 10.5. The van der Waals surface area contributed by atoms with Gasteiger partial charge in [0.2, 0.25) is 5.91 Å². The standard InChI is InChI=1S/C15H17NO2/c1-9-2-3-11-8-12(14(17)10-4-5-10)6-7-13(11)16-15(9)18/h6-10H,2-5H2,1H3,(H,16,18). The lowest BCUT2D eigenvalue weighted by atomic mass is 9.98. The third kappa shape index (κ3) is 2.05. The molecule has 1 fully saturated rings. The topological polar surface area (TPSA) is 46.2 Å². The molecule has 1 aromatic carbocycles. The minimum Gasteiger partial charge on any atom is -0.326 e. The molecule has 1 aliphatic heterocycles. The largest absolute Gasteiger partial charge is 0.326 e. The Morgan fingerprint density at radius 1 is 1.28 bits per heavy atom. The van der Waals surface area contributed by atoms with Gasteiger partial charge < -0.3 is 5.32 Å². The molecule has 1 amide bonds. The van der Waals surface area contributed by atoms with Gasteiger partial charge in [-0.2, -0.15) is 0 Å². The lowest BCUT2D eigenvalue weighted by molar-refractivity contribution is -0.119. The zero-order chi connectivity index (χ0) is 12.7. The second-order valence-electron chi connectivity index (χ2n) is 5.44. The van der Waals surface area contributed by atoms with Gasteiger partial charge in [-0.05, 0) is 49.4 Å². The maximum absolute atomic E-state index is 12.0. The molecule has 1 atom stereocenters. The normalized spacial score (nSPS) is 22.9. The number of fused-ring (bicyclic) bond motifs is 1. The number of Topliss-reactive ketones (excluding diaryl/α,β-unsaturated/α-hetero) is 1. The molecule has 3 nitrogen and oxygen atoms in total. The van der Waals surface area contributed by atoms with Crippen molar-refractivity contribution in [2.75, 3.05) is 5.32 Å². The van der Waals surface area contributed by atoms with Crippen molar-refractivity contribution in [2.45, 2.75) is 32.6 Å². The van der Waals surface area contributed by atoms with Crippen LogP contribution in [0, 0.1) is 11.8 Å². The minimum absolute atomic E-state index is 0.0417. The number of aryl methyl sites for hydroxylation is 1. The van der Waals surface area contributed by atoms with E-state index in [0.717, 1.165) is 42.5 Å². The summed E-state index contributed by atoms with van der Waals surface area (Å²) in [7, 11) is 0. The Labute approximate surface area is 107 Å². The van der Waals surface area contributed by atoms with Crippen molar-refractivity contribution in [3.05, 3.63) is 29.3 Å². The number of amides is 1. The first-order chi connectivity index (χ1) is 8.65. The molecule has 0 spiro atoms. The molecule has 0 aromatic heterocycles. The van der Waals surface area contributed by atoms with Crippen LogP contribution in [-0.4, -0.2) is 11.7 Å². The van der Waals surface area contributed by atoms with Crippen LogP contribution in [-0.2, 0) is 11.2 Å². The lowest BCUT2D eigenvalue weighted by Gasteiger charge is -2.08. The number of rotatable bonds is 2. The predicted octanol–water partition coefficient (Wildman–Crippen LogP) is 2.80. The maximum Gasteiger partial charge on any atom is 0.227 e. The van der Waals surface area contributed by atoms with E-state index in [1.54, 1.807) is 0 Å². The summed E-state index contributed by atoms with van der Waals surface area (Å²) in [6, 6.07) is 5.69. The highest BCUT2D eigenvalue weighted by Gasteiger charge is 2.31. The van der Waals surface area contributed by atoms with Crippen LogP contribution in [0.15, 0.2) is 18.2 Å². The molecule has 0 radical (unpaired) electrons. The summed E-state index contributed by atoms with van der Waals surface area (Å²) < 4.78 is 0. The predicted molar refractivity (Wildman–Crippen MR) is 69.6 cm³/mol. The third-order valence-electron chi connectivity index (χ3n) is 3.89. The van der Waals surface area contributed by atoms with Crippen LogP contribution >= 0.6 is 0 Å². The molecule has 1 aromatic rings. The Kier molecular flexibility index (Phi) is 2.69. The van der Waals surface area contributed by atoms with Crippen LogP contribution < -0.4 is 5.32 Å². The Bertz CT molecular complexity index is 517. The van der Waals surface area contributed by atoms with Crippen molar-refractivity contribution in [3.8, 4) is 0 Å². The first kappa shape index (κ1) is 11.5. The van der Waals surface area contributed by atoms with E-state index in [-0.39, 0.29) is 23.5 Å². The summed E-state index contributed by atoms with van der Waals surface area (Å²) >= 11 is 0. The van der Waals surface area contributed by atoms with Gasteiger partial charge in [-0.15, -0.1) is 0 Å². The summed E-state index contributed by atoms with van der Waals surface area (Å²) in [6.45, 7) is 1.94. The van der Waals surface area contributed by atoms with Crippen LogP contribution in [0.5, 0.6) is 0 Å². The van der Waals surface area contributed by atoms with Gasteiger partial charge in [0.15, 0.2) is 5.78 Å². The number of anilines is 1. The molecule has 1 heterocycles. The molecule has 3 rings (SSSR count). The molecule has 1 unspecified atom stereocenters. The Morgan fingerprint density at radius 2 is 2.06 bits per heavy atom. The molecule has 1 saturated carbocycles. The molecule has 3 heteroatoms. The van der Waals surface area contributed by atoms with Gasteiger partial charge in [-0.1, -0.05) is 6.92 Å². The van der Waals surface area contributed by atoms with Gasteiger partial charge in [0.1, 0.15) is 0 Å². The van der Waals surface area contributed by atoms with Crippen LogP contribution in [0.3, 0.4) is 0 Å².